The van der Waals surface area contributed by atoms with E-state index >= 15 is 0 Å². The Morgan fingerprint density at radius 1 is 1.12 bits per heavy atom. The monoisotopic (exact) mass is 374 g/mol. The second kappa shape index (κ2) is 10.2. The molecule has 0 saturated carbocycles. The molecular formula is C21H27ClN2O2. The van der Waals surface area contributed by atoms with Crippen LogP contribution in [0.5, 0.6) is 5.75 Å². The first-order chi connectivity index (χ1) is 12.5. The van der Waals surface area contributed by atoms with Gasteiger partial charge in [0.2, 0.25) is 5.91 Å². The lowest BCUT2D eigenvalue weighted by atomic mass is 10.0. The summed E-state index contributed by atoms with van der Waals surface area (Å²) in [6.45, 7) is 0.895. The van der Waals surface area contributed by atoms with Crippen molar-refractivity contribution in [1.29, 1.82) is 0 Å². The van der Waals surface area contributed by atoms with Gasteiger partial charge in [0.1, 0.15) is 5.75 Å². The maximum atomic E-state index is 12.5. The summed E-state index contributed by atoms with van der Waals surface area (Å²) in [4.78, 5) is 14.6. The van der Waals surface area contributed by atoms with E-state index in [1.165, 1.54) is 0 Å². The quantitative estimate of drug-likeness (QED) is 0.718. The highest BCUT2D eigenvalue weighted by atomic mass is 35.5. The van der Waals surface area contributed by atoms with Gasteiger partial charge in [-0.25, -0.2) is 0 Å². The molecule has 140 valence electrons. The molecule has 0 aliphatic carbocycles. The SMILES string of the molecule is COc1ccc(CCC(=O)NC(CCN(C)C)c2ccc(Cl)cc2)cc1. The summed E-state index contributed by atoms with van der Waals surface area (Å²) in [5.41, 5.74) is 2.20. The zero-order chi connectivity index (χ0) is 18.9. The van der Waals surface area contributed by atoms with Crippen LogP contribution in [-0.4, -0.2) is 38.6 Å². The number of ether oxygens (including phenoxy) is 1. The van der Waals surface area contributed by atoms with E-state index in [0.717, 1.165) is 29.8 Å². The van der Waals surface area contributed by atoms with Gasteiger partial charge in [-0.05, 0) is 68.9 Å². The van der Waals surface area contributed by atoms with Crippen LogP contribution in [0.25, 0.3) is 0 Å². The summed E-state index contributed by atoms with van der Waals surface area (Å²) in [6.07, 6.45) is 2.01. The highest BCUT2D eigenvalue weighted by Crippen LogP contribution is 2.20. The molecule has 4 nitrogen and oxygen atoms in total. The smallest absolute Gasteiger partial charge is 0.220 e. The van der Waals surface area contributed by atoms with Gasteiger partial charge < -0.3 is 15.0 Å². The average molecular weight is 375 g/mol. The number of carbonyl (C=O) groups is 1. The van der Waals surface area contributed by atoms with Crippen molar-refractivity contribution in [2.75, 3.05) is 27.7 Å². The number of carbonyl (C=O) groups excluding carboxylic acids is 1. The van der Waals surface area contributed by atoms with Crippen LogP contribution in [0.2, 0.25) is 5.02 Å². The first-order valence-corrected chi connectivity index (χ1v) is 9.18. The molecular weight excluding hydrogens is 348 g/mol. The molecule has 0 spiro atoms. The zero-order valence-electron chi connectivity index (χ0n) is 15.7. The maximum Gasteiger partial charge on any atom is 0.220 e. The molecule has 1 N–H and O–H groups in total. The largest absolute Gasteiger partial charge is 0.497 e. The van der Waals surface area contributed by atoms with Gasteiger partial charge in [-0.3, -0.25) is 4.79 Å². The van der Waals surface area contributed by atoms with Crippen molar-refractivity contribution in [1.82, 2.24) is 10.2 Å². The van der Waals surface area contributed by atoms with Gasteiger partial charge in [-0.1, -0.05) is 35.9 Å². The Morgan fingerprint density at radius 2 is 1.77 bits per heavy atom. The third-order valence-corrected chi connectivity index (χ3v) is 4.52. The normalized spacial score (nSPS) is 12.0. The van der Waals surface area contributed by atoms with Crippen LogP contribution in [0.1, 0.15) is 30.0 Å². The lowest BCUT2D eigenvalue weighted by Gasteiger charge is -2.21. The van der Waals surface area contributed by atoms with Crippen molar-refractivity contribution in [3.63, 3.8) is 0 Å². The van der Waals surface area contributed by atoms with Crippen LogP contribution in [0.15, 0.2) is 48.5 Å². The number of aryl methyl sites for hydroxylation is 1. The fourth-order valence-electron chi connectivity index (χ4n) is 2.72. The van der Waals surface area contributed by atoms with Crippen LogP contribution in [0.3, 0.4) is 0 Å². The Kier molecular flexibility index (Phi) is 7.95. The molecule has 0 aromatic heterocycles. The molecule has 0 fully saturated rings. The lowest BCUT2D eigenvalue weighted by Crippen LogP contribution is -2.31. The Bertz CT molecular complexity index is 684. The first-order valence-electron chi connectivity index (χ1n) is 8.80. The number of hydrogen-bond donors (Lipinski definition) is 1. The van der Waals surface area contributed by atoms with E-state index in [2.05, 4.69) is 10.2 Å². The number of nitrogens with one attached hydrogen (secondary N) is 1. The summed E-state index contributed by atoms with van der Waals surface area (Å²) in [6, 6.07) is 15.5. The van der Waals surface area contributed by atoms with E-state index in [1.54, 1.807) is 7.11 Å². The standard InChI is InChI=1S/C21H27ClN2O2/c1-24(2)15-14-20(17-7-9-18(22)10-8-17)23-21(25)13-6-16-4-11-19(26-3)12-5-16/h4-5,7-12,20H,6,13-15H2,1-3H3,(H,23,25). The van der Waals surface area contributed by atoms with Gasteiger partial charge in [0.25, 0.3) is 0 Å². The highest BCUT2D eigenvalue weighted by Gasteiger charge is 2.15. The molecule has 26 heavy (non-hydrogen) atoms. The van der Waals surface area contributed by atoms with Crippen molar-refractivity contribution >= 4 is 17.5 Å². The van der Waals surface area contributed by atoms with Crippen molar-refractivity contribution in [3.05, 3.63) is 64.7 Å². The number of methoxy groups -OCH3 is 1. The van der Waals surface area contributed by atoms with Crippen molar-refractivity contribution in [2.45, 2.75) is 25.3 Å². The number of halogens is 1. The Balaban J connectivity index is 1.94. The molecule has 1 unspecified atom stereocenters. The zero-order valence-corrected chi connectivity index (χ0v) is 16.4. The van der Waals surface area contributed by atoms with Gasteiger partial charge >= 0.3 is 0 Å². The highest BCUT2D eigenvalue weighted by molar-refractivity contribution is 6.30. The molecule has 5 heteroatoms. The van der Waals surface area contributed by atoms with Gasteiger partial charge in [-0.15, -0.1) is 0 Å². The van der Waals surface area contributed by atoms with Gasteiger partial charge in [0.05, 0.1) is 13.2 Å². The summed E-state index contributed by atoms with van der Waals surface area (Å²) in [5, 5.41) is 3.87. The topological polar surface area (TPSA) is 41.6 Å². The minimum absolute atomic E-state index is 0.0157. The van der Waals surface area contributed by atoms with E-state index in [0.29, 0.717) is 17.9 Å². The summed E-state index contributed by atoms with van der Waals surface area (Å²) >= 11 is 5.98. The molecule has 0 saturated heterocycles. The number of rotatable bonds is 9. The molecule has 1 amide bonds. The molecule has 2 aromatic carbocycles. The van der Waals surface area contributed by atoms with E-state index < -0.39 is 0 Å². The molecule has 1 atom stereocenters. The lowest BCUT2D eigenvalue weighted by molar-refractivity contribution is -0.121. The molecule has 0 bridgehead atoms. The van der Waals surface area contributed by atoms with Crippen molar-refractivity contribution < 1.29 is 9.53 Å². The van der Waals surface area contributed by atoms with E-state index in [-0.39, 0.29) is 11.9 Å². The predicted molar refractivity (Wildman–Crippen MR) is 107 cm³/mol. The number of nitrogens with zero attached hydrogens (tertiary/aromatic N) is 1. The van der Waals surface area contributed by atoms with Crippen LogP contribution in [-0.2, 0) is 11.2 Å². The summed E-state index contributed by atoms with van der Waals surface area (Å²) in [7, 11) is 5.71. The molecule has 0 aliphatic heterocycles. The van der Waals surface area contributed by atoms with Crippen molar-refractivity contribution in [2.24, 2.45) is 0 Å². The van der Waals surface area contributed by atoms with Gasteiger partial charge in [0.15, 0.2) is 0 Å². The van der Waals surface area contributed by atoms with Gasteiger partial charge in [-0.2, -0.15) is 0 Å². The minimum Gasteiger partial charge on any atom is -0.497 e. The molecule has 0 heterocycles. The van der Waals surface area contributed by atoms with Crippen LogP contribution < -0.4 is 10.1 Å². The van der Waals surface area contributed by atoms with Crippen molar-refractivity contribution in [3.8, 4) is 5.75 Å². The molecule has 2 rings (SSSR count). The minimum atomic E-state index is -0.0157. The number of hydrogen-bond acceptors (Lipinski definition) is 3. The molecule has 0 radical (unpaired) electrons. The van der Waals surface area contributed by atoms with Crippen LogP contribution in [0.4, 0.5) is 0 Å². The second-order valence-electron chi connectivity index (χ2n) is 6.61. The molecule has 0 aliphatic rings. The Hall–Kier alpha value is -2.04. The Labute approximate surface area is 161 Å². The Morgan fingerprint density at radius 3 is 2.35 bits per heavy atom. The van der Waals surface area contributed by atoms with Crippen LogP contribution in [0, 0.1) is 0 Å². The second-order valence-corrected chi connectivity index (χ2v) is 7.05. The van der Waals surface area contributed by atoms with E-state index in [9.17, 15) is 4.79 Å². The number of amides is 1. The summed E-state index contributed by atoms with van der Waals surface area (Å²) in [5.74, 6) is 0.879. The third kappa shape index (κ3) is 6.70. The maximum absolute atomic E-state index is 12.5. The van der Waals surface area contributed by atoms with Crippen LogP contribution >= 0.6 is 11.6 Å². The predicted octanol–water partition coefficient (Wildman–Crippen LogP) is 4.09. The molecule has 2 aromatic rings. The third-order valence-electron chi connectivity index (χ3n) is 4.27. The fourth-order valence-corrected chi connectivity index (χ4v) is 2.85. The number of benzene rings is 2. The average Bonchev–Trinajstić information content (AvgIpc) is 2.64. The fraction of sp³-hybridized carbons (Fsp3) is 0.381. The summed E-state index contributed by atoms with van der Waals surface area (Å²) < 4.78 is 5.16. The first kappa shape index (κ1) is 20.3. The van der Waals surface area contributed by atoms with E-state index in [1.807, 2.05) is 62.6 Å². The van der Waals surface area contributed by atoms with E-state index in [4.69, 9.17) is 16.3 Å². The van der Waals surface area contributed by atoms with Gasteiger partial charge in [0, 0.05) is 11.4 Å².